The lowest BCUT2D eigenvalue weighted by Gasteiger charge is -2.09. The van der Waals surface area contributed by atoms with E-state index in [1.807, 2.05) is 0 Å². The van der Waals surface area contributed by atoms with Crippen LogP contribution in [0.1, 0.15) is 18.7 Å². The Morgan fingerprint density at radius 2 is 2.05 bits per heavy atom. The zero-order valence-electron chi connectivity index (χ0n) is 10.4. The number of rotatable bonds is 4. The van der Waals surface area contributed by atoms with E-state index in [1.54, 1.807) is 43.6 Å². The van der Waals surface area contributed by atoms with Gasteiger partial charge in [-0.05, 0) is 24.6 Å². The maximum Gasteiger partial charge on any atom is 0.345 e. The lowest BCUT2D eigenvalue weighted by Crippen LogP contribution is -2.11. The van der Waals surface area contributed by atoms with Gasteiger partial charge in [-0.25, -0.2) is 19.2 Å². The van der Waals surface area contributed by atoms with Crippen LogP contribution in [0.3, 0.4) is 0 Å². The molecule has 0 saturated carbocycles. The second-order valence-corrected chi connectivity index (χ2v) is 3.81. The summed E-state index contributed by atoms with van der Waals surface area (Å²) in [5.74, 6) is -0.394. The number of halogens is 1. The van der Waals surface area contributed by atoms with E-state index in [1.165, 1.54) is 6.07 Å². The zero-order valence-corrected chi connectivity index (χ0v) is 10.4. The summed E-state index contributed by atoms with van der Waals surface area (Å²) in [5.41, 5.74) is 0.897. The van der Waals surface area contributed by atoms with E-state index in [0.717, 1.165) is 0 Å². The van der Waals surface area contributed by atoms with Crippen molar-refractivity contribution in [3.8, 4) is 11.4 Å². The van der Waals surface area contributed by atoms with Gasteiger partial charge in [0.15, 0.2) is 5.82 Å². The number of alkyl halides is 1. The van der Waals surface area contributed by atoms with Crippen LogP contribution in [0.2, 0.25) is 0 Å². The monoisotopic (exact) mass is 260 g/mol. The zero-order chi connectivity index (χ0) is 13.7. The summed E-state index contributed by atoms with van der Waals surface area (Å²) in [4.78, 5) is 19.5. The minimum atomic E-state index is -1.79. The molecule has 19 heavy (non-hydrogen) atoms. The third-order valence-electron chi connectivity index (χ3n) is 2.50. The molecule has 0 aliphatic carbocycles. The van der Waals surface area contributed by atoms with Gasteiger partial charge in [0.05, 0.1) is 6.61 Å². The van der Waals surface area contributed by atoms with Crippen LogP contribution in [0.15, 0.2) is 42.7 Å². The molecule has 1 aromatic carbocycles. The summed E-state index contributed by atoms with van der Waals surface area (Å²) >= 11 is 0. The van der Waals surface area contributed by atoms with Gasteiger partial charge in [-0.15, -0.1) is 0 Å². The van der Waals surface area contributed by atoms with Crippen molar-refractivity contribution in [2.75, 3.05) is 6.61 Å². The molecule has 0 bridgehead atoms. The van der Waals surface area contributed by atoms with Crippen LogP contribution in [-0.4, -0.2) is 22.5 Å². The normalized spacial score (nSPS) is 11.9. The topological polar surface area (TPSA) is 52.1 Å². The number of aromatic nitrogens is 2. The van der Waals surface area contributed by atoms with Gasteiger partial charge in [0.1, 0.15) is 0 Å². The van der Waals surface area contributed by atoms with Crippen LogP contribution in [0.25, 0.3) is 11.4 Å². The van der Waals surface area contributed by atoms with Crippen molar-refractivity contribution in [1.82, 2.24) is 9.97 Å². The quantitative estimate of drug-likeness (QED) is 0.793. The minimum Gasteiger partial charge on any atom is -0.464 e. The summed E-state index contributed by atoms with van der Waals surface area (Å²) < 4.78 is 18.6. The summed E-state index contributed by atoms with van der Waals surface area (Å²) in [7, 11) is 0. The first-order valence-corrected chi connectivity index (χ1v) is 5.90. The molecule has 0 aliphatic heterocycles. The summed E-state index contributed by atoms with van der Waals surface area (Å²) in [5, 5.41) is 0. The van der Waals surface area contributed by atoms with E-state index in [4.69, 9.17) is 0 Å². The van der Waals surface area contributed by atoms with Crippen LogP contribution >= 0.6 is 0 Å². The largest absolute Gasteiger partial charge is 0.464 e. The first-order valence-electron chi connectivity index (χ1n) is 5.90. The highest BCUT2D eigenvalue weighted by atomic mass is 19.1. The fourth-order valence-electron chi connectivity index (χ4n) is 1.64. The van der Waals surface area contributed by atoms with E-state index in [0.29, 0.717) is 11.4 Å². The van der Waals surface area contributed by atoms with Gasteiger partial charge in [0.2, 0.25) is 6.17 Å². The van der Waals surface area contributed by atoms with Crippen molar-refractivity contribution >= 4 is 5.97 Å². The Bertz CT molecular complexity index is 560. The van der Waals surface area contributed by atoms with Gasteiger partial charge in [-0.1, -0.05) is 18.2 Å². The van der Waals surface area contributed by atoms with Crippen molar-refractivity contribution in [3.63, 3.8) is 0 Å². The molecule has 98 valence electrons. The van der Waals surface area contributed by atoms with Crippen LogP contribution in [0.5, 0.6) is 0 Å². The Morgan fingerprint density at radius 1 is 1.32 bits per heavy atom. The van der Waals surface area contributed by atoms with E-state index >= 15 is 0 Å². The van der Waals surface area contributed by atoms with Crippen LogP contribution in [0, 0.1) is 0 Å². The van der Waals surface area contributed by atoms with Crippen molar-refractivity contribution in [2.24, 2.45) is 0 Å². The third-order valence-corrected chi connectivity index (χ3v) is 2.50. The molecular formula is C14H13FN2O2. The minimum absolute atomic E-state index is 0.154. The maximum absolute atomic E-state index is 13.9. The number of esters is 1. The molecule has 0 N–H and O–H groups in total. The number of nitrogens with zero attached hydrogens (tertiary/aromatic N) is 2. The molecule has 1 aromatic heterocycles. The van der Waals surface area contributed by atoms with Crippen LogP contribution in [0.4, 0.5) is 4.39 Å². The highest BCUT2D eigenvalue weighted by Crippen LogP contribution is 2.23. The average molecular weight is 260 g/mol. The fourth-order valence-corrected chi connectivity index (χ4v) is 1.64. The van der Waals surface area contributed by atoms with E-state index in [2.05, 4.69) is 14.7 Å². The number of hydrogen-bond acceptors (Lipinski definition) is 4. The number of carbonyl (C=O) groups excluding carboxylic acids is 1. The van der Waals surface area contributed by atoms with Gasteiger partial charge in [-0.2, -0.15) is 0 Å². The van der Waals surface area contributed by atoms with Crippen molar-refractivity contribution in [2.45, 2.75) is 13.1 Å². The Kier molecular flexibility index (Phi) is 4.18. The number of benzene rings is 1. The second-order valence-electron chi connectivity index (χ2n) is 3.81. The van der Waals surface area contributed by atoms with Crippen molar-refractivity contribution in [1.29, 1.82) is 0 Å². The Morgan fingerprint density at radius 3 is 2.74 bits per heavy atom. The molecular weight excluding hydrogens is 247 g/mol. The molecule has 1 heterocycles. The van der Waals surface area contributed by atoms with Gasteiger partial charge >= 0.3 is 5.97 Å². The van der Waals surface area contributed by atoms with E-state index in [-0.39, 0.29) is 12.2 Å². The number of carbonyl (C=O) groups is 1. The first kappa shape index (κ1) is 13.1. The number of ether oxygens (including phenoxy) is 1. The van der Waals surface area contributed by atoms with Crippen molar-refractivity contribution in [3.05, 3.63) is 48.3 Å². The lowest BCUT2D eigenvalue weighted by molar-refractivity contribution is -0.149. The molecule has 2 aromatic rings. The average Bonchev–Trinajstić information content (AvgIpc) is 2.48. The van der Waals surface area contributed by atoms with E-state index < -0.39 is 12.1 Å². The maximum atomic E-state index is 13.9. The highest BCUT2D eigenvalue weighted by molar-refractivity contribution is 5.77. The summed E-state index contributed by atoms with van der Waals surface area (Å²) in [6.45, 7) is 1.79. The summed E-state index contributed by atoms with van der Waals surface area (Å²) in [6.07, 6.45) is 1.42. The summed E-state index contributed by atoms with van der Waals surface area (Å²) in [6, 6.07) is 8.21. The third kappa shape index (κ3) is 3.13. The predicted molar refractivity (Wildman–Crippen MR) is 68.0 cm³/mol. The van der Waals surface area contributed by atoms with Gasteiger partial charge < -0.3 is 4.74 Å². The Balaban J connectivity index is 2.27. The van der Waals surface area contributed by atoms with Crippen LogP contribution < -0.4 is 0 Å². The predicted octanol–water partition coefficient (Wildman–Crippen LogP) is 2.72. The molecule has 0 radical (unpaired) electrons. The Labute approximate surface area is 110 Å². The highest BCUT2D eigenvalue weighted by Gasteiger charge is 2.21. The van der Waals surface area contributed by atoms with Gasteiger partial charge in [0, 0.05) is 18.0 Å². The molecule has 2 rings (SSSR count). The molecule has 5 heteroatoms. The van der Waals surface area contributed by atoms with Crippen LogP contribution in [-0.2, 0) is 9.53 Å². The SMILES string of the molecule is CCOC(=O)C(F)c1cccc(-c2ncccn2)c1. The lowest BCUT2D eigenvalue weighted by atomic mass is 10.1. The molecule has 0 aliphatic rings. The fraction of sp³-hybridized carbons (Fsp3) is 0.214. The molecule has 0 spiro atoms. The molecule has 0 fully saturated rings. The van der Waals surface area contributed by atoms with Gasteiger partial charge in [-0.3, -0.25) is 0 Å². The molecule has 1 atom stereocenters. The second kappa shape index (κ2) is 6.04. The van der Waals surface area contributed by atoms with Gasteiger partial charge in [0.25, 0.3) is 0 Å². The Hall–Kier alpha value is -2.30. The molecule has 0 amide bonds. The first-order chi connectivity index (χ1) is 9.22. The van der Waals surface area contributed by atoms with Crippen molar-refractivity contribution < 1.29 is 13.9 Å². The number of hydrogen-bond donors (Lipinski definition) is 0. The molecule has 4 nitrogen and oxygen atoms in total. The standard InChI is InChI=1S/C14H13FN2O2/c1-2-19-14(18)12(15)10-5-3-6-11(9-10)13-16-7-4-8-17-13/h3-9,12H,2H2,1H3. The van der Waals surface area contributed by atoms with E-state index in [9.17, 15) is 9.18 Å². The smallest absolute Gasteiger partial charge is 0.345 e. The molecule has 1 unspecified atom stereocenters. The molecule has 0 saturated heterocycles.